The lowest BCUT2D eigenvalue weighted by molar-refractivity contribution is 0.185. The number of benzene rings is 1. The van der Waals surface area contributed by atoms with Crippen LogP contribution in [0.4, 0.5) is 0 Å². The number of hydrogen-bond donors (Lipinski definition) is 2. The molecule has 2 rings (SSSR count). The maximum absolute atomic E-state index is 9.58. The summed E-state index contributed by atoms with van der Waals surface area (Å²) in [5.74, 6) is 0.744. The first-order chi connectivity index (χ1) is 8.22. The van der Waals surface area contributed by atoms with Gasteiger partial charge in [-0.05, 0) is 24.6 Å². The van der Waals surface area contributed by atoms with Gasteiger partial charge >= 0.3 is 0 Å². The molecule has 2 N–H and O–H groups in total. The molecule has 0 bridgehead atoms. The maximum Gasteiger partial charge on any atom is 0.160 e. The Labute approximate surface area is 127 Å². The molecule has 1 aliphatic rings. The van der Waals surface area contributed by atoms with Crippen LogP contribution in [-0.2, 0) is 0 Å². The lowest BCUT2D eigenvalue weighted by atomic mass is 10.1. The van der Waals surface area contributed by atoms with E-state index in [-0.39, 0.29) is 30.6 Å². The summed E-state index contributed by atoms with van der Waals surface area (Å²) in [6.45, 7) is 6.39. The van der Waals surface area contributed by atoms with E-state index >= 15 is 0 Å². The van der Waals surface area contributed by atoms with Crippen LogP contribution < -0.4 is 10.1 Å². The molecule has 1 aliphatic heterocycles. The first kappa shape index (κ1) is 18.3. The number of hydrogen-bond acceptors (Lipinski definition) is 4. The molecular weight excluding hydrogens is 287 g/mol. The smallest absolute Gasteiger partial charge is 0.160 e. The minimum atomic E-state index is 0. The van der Waals surface area contributed by atoms with Crippen LogP contribution in [-0.4, -0.2) is 43.3 Å². The highest BCUT2D eigenvalue weighted by atomic mass is 35.5. The number of nitrogens with zero attached hydrogens (tertiary/aromatic N) is 1. The molecule has 1 aromatic rings. The average Bonchev–Trinajstić information content (AvgIpc) is 2.39. The van der Waals surface area contributed by atoms with Gasteiger partial charge in [-0.25, -0.2) is 0 Å². The zero-order valence-corrected chi connectivity index (χ0v) is 12.9. The number of piperazine rings is 1. The van der Waals surface area contributed by atoms with Gasteiger partial charge in [0.25, 0.3) is 0 Å². The molecule has 0 aromatic heterocycles. The second-order valence-electron chi connectivity index (χ2n) is 4.39. The Morgan fingerprint density at radius 3 is 2.47 bits per heavy atom. The van der Waals surface area contributed by atoms with Crippen molar-refractivity contribution in [1.29, 1.82) is 0 Å². The molecule has 1 fully saturated rings. The van der Waals surface area contributed by atoms with Crippen LogP contribution in [0.25, 0.3) is 0 Å². The number of nitrogens with one attached hydrogen (secondary N) is 1. The average molecular weight is 309 g/mol. The van der Waals surface area contributed by atoms with Crippen molar-refractivity contribution in [3.05, 3.63) is 23.8 Å². The van der Waals surface area contributed by atoms with Crippen LogP contribution in [0.3, 0.4) is 0 Å². The highest BCUT2D eigenvalue weighted by Gasteiger charge is 2.18. The molecule has 4 nitrogen and oxygen atoms in total. The van der Waals surface area contributed by atoms with Crippen LogP contribution in [0, 0.1) is 0 Å². The van der Waals surface area contributed by atoms with Gasteiger partial charge in [-0.3, -0.25) is 4.90 Å². The first-order valence-electron chi connectivity index (χ1n) is 6.04. The van der Waals surface area contributed by atoms with Crippen molar-refractivity contribution in [2.75, 3.05) is 33.3 Å². The van der Waals surface area contributed by atoms with Crippen LogP contribution in [0.1, 0.15) is 18.5 Å². The van der Waals surface area contributed by atoms with Gasteiger partial charge in [0, 0.05) is 32.2 Å². The SMILES string of the molecule is COc1cc([C@@H](C)N2CCNCC2)ccc1O.Cl.Cl. The summed E-state index contributed by atoms with van der Waals surface area (Å²) in [6.07, 6.45) is 0. The molecular formula is C13H22Cl2N2O2. The van der Waals surface area contributed by atoms with Crippen molar-refractivity contribution in [3.63, 3.8) is 0 Å². The Kier molecular flexibility index (Phi) is 8.18. The molecule has 1 saturated heterocycles. The van der Waals surface area contributed by atoms with Gasteiger partial charge in [0.15, 0.2) is 11.5 Å². The Balaban J connectivity index is 0.00000162. The summed E-state index contributed by atoms with van der Waals surface area (Å²) in [6, 6.07) is 5.94. The molecule has 1 aromatic carbocycles. The first-order valence-corrected chi connectivity index (χ1v) is 6.04. The van der Waals surface area contributed by atoms with E-state index in [4.69, 9.17) is 4.74 Å². The van der Waals surface area contributed by atoms with Crippen molar-refractivity contribution >= 4 is 24.8 Å². The number of phenolic OH excluding ortho intramolecular Hbond substituents is 1. The van der Waals surface area contributed by atoms with Crippen molar-refractivity contribution in [3.8, 4) is 11.5 Å². The molecule has 1 atom stereocenters. The Hall–Kier alpha value is -0.680. The zero-order valence-electron chi connectivity index (χ0n) is 11.3. The fraction of sp³-hybridized carbons (Fsp3) is 0.538. The van der Waals surface area contributed by atoms with E-state index in [0.717, 1.165) is 26.2 Å². The van der Waals surface area contributed by atoms with Gasteiger partial charge in [-0.2, -0.15) is 0 Å². The Morgan fingerprint density at radius 2 is 1.89 bits per heavy atom. The summed E-state index contributed by atoms with van der Waals surface area (Å²) in [4.78, 5) is 2.43. The summed E-state index contributed by atoms with van der Waals surface area (Å²) >= 11 is 0. The molecule has 1 heterocycles. The topological polar surface area (TPSA) is 44.7 Å². The Bertz CT molecular complexity index is 385. The fourth-order valence-corrected chi connectivity index (χ4v) is 2.23. The number of rotatable bonds is 3. The lowest BCUT2D eigenvalue weighted by Gasteiger charge is -2.33. The zero-order chi connectivity index (χ0) is 12.3. The molecule has 0 aliphatic carbocycles. The van der Waals surface area contributed by atoms with Crippen molar-refractivity contribution < 1.29 is 9.84 Å². The predicted octanol–water partition coefficient (Wildman–Crippen LogP) is 2.21. The molecule has 0 amide bonds. The lowest BCUT2D eigenvalue weighted by Crippen LogP contribution is -2.44. The van der Waals surface area contributed by atoms with E-state index in [2.05, 4.69) is 17.1 Å². The standard InChI is InChI=1S/C13H20N2O2.2ClH/c1-10(15-7-5-14-6-8-15)11-3-4-12(16)13(9-11)17-2;;/h3-4,9-10,14,16H,5-8H2,1-2H3;2*1H/t10-;;/m1../s1. The van der Waals surface area contributed by atoms with E-state index in [1.807, 2.05) is 12.1 Å². The number of methoxy groups -OCH3 is 1. The van der Waals surface area contributed by atoms with Crippen molar-refractivity contribution in [1.82, 2.24) is 10.2 Å². The summed E-state index contributed by atoms with van der Waals surface area (Å²) < 4.78 is 5.14. The van der Waals surface area contributed by atoms with Crippen LogP contribution in [0.5, 0.6) is 11.5 Å². The molecule has 6 heteroatoms. The highest BCUT2D eigenvalue weighted by molar-refractivity contribution is 5.85. The van der Waals surface area contributed by atoms with Gasteiger partial charge in [0.1, 0.15) is 0 Å². The minimum Gasteiger partial charge on any atom is -0.504 e. The van der Waals surface area contributed by atoms with E-state index in [0.29, 0.717) is 11.8 Å². The van der Waals surface area contributed by atoms with E-state index in [1.165, 1.54) is 5.56 Å². The summed E-state index contributed by atoms with van der Waals surface area (Å²) in [5.41, 5.74) is 1.18. The molecule has 19 heavy (non-hydrogen) atoms. The minimum absolute atomic E-state index is 0. The predicted molar refractivity (Wildman–Crippen MR) is 82.0 cm³/mol. The number of aromatic hydroxyl groups is 1. The second kappa shape index (κ2) is 8.48. The summed E-state index contributed by atoms with van der Waals surface area (Å²) in [7, 11) is 1.58. The van der Waals surface area contributed by atoms with Gasteiger partial charge in [-0.15, -0.1) is 24.8 Å². The monoisotopic (exact) mass is 308 g/mol. The third-order valence-electron chi connectivity index (χ3n) is 3.39. The molecule has 0 spiro atoms. The van der Waals surface area contributed by atoms with Gasteiger partial charge < -0.3 is 15.2 Å². The fourth-order valence-electron chi connectivity index (χ4n) is 2.23. The maximum atomic E-state index is 9.58. The van der Waals surface area contributed by atoms with Gasteiger partial charge in [-0.1, -0.05) is 6.07 Å². The quantitative estimate of drug-likeness (QED) is 0.898. The largest absolute Gasteiger partial charge is 0.504 e. The van der Waals surface area contributed by atoms with Crippen molar-refractivity contribution in [2.45, 2.75) is 13.0 Å². The molecule has 0 saturated carbocycles. The van der Waals surface area contributed by atoms with Crippen LogP contribution in [0.2, 0.25) is 0 Å². The third kappa shape index (κ3) is 4.42. The van der Waals surface area contributed by atoms with Gasteiger partial charge in [0.2, 0.25) is 0 Å². The molecule has 0 radical (unpaired) electrons. The van der Waals surface area contributed by atoms with Crippen LogP contribution in [0.15, 0.2) is 18.2 Å². The van der Waals surface area contributed by atoms with Gasteiger partial charge in [0.05, 0.1) is 7.11 Å². The van der Waals surface area contributed by atoms with Crippen molar-refractivity contribution in [2.24, 2.45) is 0 Å². The third-order valence-corrected chi connectivity index (χ3v) is 3.39. The highest BCUT2D eigenvalue weighted by Crippen LogP contribution is 2.30. The number of ether oxygens (including phenoxy) is 1. The number of phenols is 1. The molecule has 0 unspecified atom stereocenters. The Morgan fingerprint density at radius 1 is 1.26 bits per heavy atom. The second-order valence-corrected chi connectivity index (χ2v) is 4.39. The van der Waals surface area contributed by atoms with E-state index < -0.39 is 0 Å². The van der Waals surface area contributed by atoms with Crippen LogP contribution >= 0.6 is 24.8 Å². The summed E-state index contributed by atoms with van der Waals surface area (Å²) in [5, 5.41) is 12.9. The normalized spacial score (nSPS) is 16.9. The molecule has 110 valence electrons. The number of halogens is 2. The van der Waals surface area contributed by atoms with E-state index in [9.17, 15) is 5.11 Å². The van der Waals surface area contributed by atoms with E-state index in [1.54, 1.807) is 13.2 Å².